The Morgan fingerprint density at radius 1 is 1.13 bits per heavy atom. The van der Waals surface area contributed by atoms with Gasteiger partial charge in [0.2, 0.25) is 5.91 Å². The van der Waals surface area contributed by atoms with Crippen LogP contribution in [0.3, 0.4) is 0 Å². The molecule has 2 atom stereocenters. The summed E-state index contributed by atoms with van der Waals surface area (Å²) in [5.74, 6) is -0.392. The number of ether oxygens (including phenoxy) is 2. The average molecular weight is 543 g/mol. The number of carbonyl (C=O) groups excluding carboxylic acids is 2. The third kappa shape index (κ3) is 7.20. The number of aliphatic hydroxyl groups is 1. The van der Waals surface area contributed by atoms with Crippen LogP contribution in [0.15, 0.2) is 48.5 Å². The van der Waals surface area contributed by atoms with Gasteiger partial charge in [-0.1, -0.05) is 67.3 Å². The maximum absolute atomic E-state index is 14.0. The number of hydrogen-bond donors (Lipinski definition) is 2. The van der Waals surface area contributed by atoms with Gasteiger partial charge in [0.05, 0.1) is 23.1 Å². The van der Waals surface area contributed by atoms with Crippen LogP contribution in [0.5, 0.6) is 5.75 Å². The first-order valence-electron chi connectivity index (χ1n) is 13.5. The Morgan fingerprint density at radius 2 is 1.84 bits per heavy atom. The molecule has 0 spiro atoms. The van der Waals surface area contributed by atoms with Crippen LogP contribution in [0.25, 0.3) is 0 Å². The Hall–Kier alpha value is -2.77. The van der Waals surface area contributed by atoms with Gasteiger partial charge in [0.15, 0.2) is 0 Å². The predicted octanol–water partition coefficient (Wildman–Crippen LogP) is 5.82. The lowest BCUT2D eigenvalue weighted by atomic mass is 9.72. The summed E-state index contributed by atoms with van der Waals surface area (Å²) in [6.45, 7) is 6.80. The number of nitrogens with zero attached hydrogens (tertiary/aromatic N) is 1. The molecule has 206 valence electrons. The topological polar surface area (TPSA) is 88.1 Å². The van der Waals surface area contributed by atoms with E-state index in [2.05, 4.69) is 5.32 Å². The van der Waals surface area contributed by atoms with Gasteiger partial charge in [0.25, 0.3) is 0 Å². The third-order valence-electron chi connectivity index (χ3n) is 7.24. The second-order valence-electron chi connectivity index (χ2n) is 11.5. The number of halogens is 1. The third-order valence-corrected chi connectivity index (χ3v) is 7.53. The van der Waals surface area contributed by atoms with Gasteiger partial charge in [-0.25, -0.2) is 4.79 Å². The Balaban J connectivity index is 1.50. The molecule has 2 fully saturated rings. The molecule has 2 aromatic carbocycles. The maximum atomic E-state index is 14.0. The summed E-state index contributed by atoms with van der Waals surface area (Å²) in [4.78, 5) is 27.9. The lowest BCUT2D eigenvalue weighted by Crippen LogP contribution is -2.48. The molecule has 0 radical (unpaired) electrons. The van der Waals surface area contributed by atoms with E-state index in [9.17, 15) is 14.7 Å². The first kappa shape index (κ1) is 28.2. The highest BCUT2D eigenvalue weighted by Gasteiger charge is 2.46. The minimum Gasteiger partial charge on any atom is -0.487 e. The van der Waals surface area contributed by atoms with E-state index in [0.29, 0.717) is 55.3 Å². The SMILES string of the molecule is CC(C)(C)NC(=O)OC1CCN(C(=O)C(c2ccc(OCc3ccccc3)c(Cl)c2)C2(O)CCCCC2)C1. The van der Waals surface area contributed by atoms with Crippen LogP contribution in [0, 0.1) is 0 Å². The molecule has 0 aromatic heterocycles. The molecule has 1 heterocycles. The smallest absolute Gasteiger partial charge is 0.407 e. The minimum atomic E-state index is -1.16. The van der Waals surface area contributed by atoms with Crippen molar-refractivity contribution in [1.82, 2.24) is 10.2 Å². The fraction of sp³-hybridized carbons (Fsp3) is 0.533. The Labute approximate surface area is 230 Å². The molecular formula is C30H39ClN2O5. The Bertz CT molecular complexity index is 1110. The average Bonchev–Trinajstić information content (AvgIpc) is 3.32. The Kier molecular flexibility index (Phi) is 8.89. The van der Waals surface area contributed by atoms with Gasteiger partial charge in [-0.15, -0.1) is 0 Å². The summed E-state index contributed by atoms with van der Waals surface area (Å²) in [6, 6.07) is 15.2. The van der Waals surface area contributed by atoms with E-state index in [1.54, 1.807) is 17.0 Å². The summed E-state index contributed by atoms with van der Waals surface area (Å²) in [7, 11) is 0. The van der Waals surface area contributed by atoms with E-state index in [4.69, 9.17) is 21.1 Å². The zero-order chi connectivity index (χ0) is 27.3. The van der Waals surface area contributed by atoms with Crippen LogP contribution in [-0.2, 0) is 16.1 Å². The van der Waals surface area contributed by atoms with E-state index < -0.39 is 23.2 Å². The second kappa shape index (κ2) is 12.0. The quantitative estimate of drug-likeness (QED) is 0.460. The molecule has 1 aliphatic carbocycles. The molecule has 2 amide bonds. The first-order valence-corrected chi connectivity index (χ1v) is 13.9. The normalized spacial score (nSPS) is 20.0. The fourth-order valence-electron chi connectivity index (χ4n) is 5.38. The number of benzene rings is 2. The number of likely N-dealkylation sites (tertiary alicyclic amines) is 1. The minimum absolute atomic E-state index is 0.161. The predicted molar refractivity (Wildman–Crippen MR) is 147 cm³/mol. The highest BCUT2D eigenvalue weighted by molar-refractivity contribution is 6.32. The molecule has 38 heavy (non-hydrogen) atoms. The number of nitrogens with one attached hydrogen (secondary N) is 1. The summed E-state index contributed by atoms with van der Waals surface area (Å²) in [5.41, 5.74) is 0.134. The van der Waals surface area contributed by atoms with Crippen molar-refractivity contribution in [3.05, 3.63) is 64.7 Å². The molecular weight excluding hydrogens is 504 g/mol. The van der Waals surface area contributed by atoms with Crippen LogP contribution in [0.1, 0.15) is 76.3 Å². The van der Waals surface area contributed by atoms with Crippen LogP contribution in [-0.4, -0.2) is 52.3 Å². The molecule has 4 rings (SSSR count). The van der Waals surface area contributed by atoms with Gasteiger partial charge < -0.3 is 24.8 Å². The second-order valence-corrected chi connectivity index (χ2v) is 11.9. The molecule has 2 unspecified atom stereocenters. The van der Waals surface area contributed by atoms with Gasteiger partial charge >= 0.3 is 6.09 Å². The summed E-state index contributed by atoms with van der Waals surface area (Å²) in [5, 5.41) is 14.9. The van der Waals surface area contributed by atoms with E-state index >= 15 is 0 Å². The zero-order valence-electron chi connectivity index (χ0n) is 22.5. The van der Waals surface area contributed by atoms with Crippen LogP contribution < -0.4 is 10.1 Å². The van der Waals surface area contributed by atoms with Crippen molar-refractivity contribution >= 4 is 23.6 Å². The number of carbonyl (C=O) groups is 2. The zero-order valence-corrected chi connectivity index (χ0v) is 23.3. The number of amides is 2. The molecule has 8 heteroatoms. The van der Waals surface area contributed by atoms with Crippen LogP contribution in [0.4, 0.5) is 4.79 Å². The van der Waals surface area contributed by atoms with Crippen LogP contribution >= 0.6 is 11.6 Å². The van der Waals surface area contributed by atoms with Gasteiger partial charge in [0, 0.05) is 18.5 Å². The largest absolute Gasteiger partial charge is 0.487 e. The molecule has 2 aromatic rings. The number of rotatable bonds is 7. The molecule has 2 aliphatic rings. The van der Waals surface area contributed by atoms with Gasteiger partial charge in [-0.2, -0.15) is 0 Å². The fourth-order valence-corrected chi connectivity index (χ4v) is 5.62. The monoisotopic (exact) mass is 542 g/mol. The number of alkyl carbamates (subject to hydrolysis) is 1. The Morgan fingerprint density at radius 3 is 2.50 bits per heavy atom. The lowest BCUT2D eigenvalue weighted by molar-refractivity contribution is -0.141. The van der Waals surface area contributed by atoms with Crippen molar-refractivity contribution in [3.8, 4) is 5.75 Å². The summed E-state index contributed by atoms with van der Waals surface area (Å²) < 4.78 is 11.5. The highest BCUT2D eigenvalue weighted by Crippen LogP contribution is 2.43. The van der Waals surface area contributed by atoms with Gasteiger partial charge in [0.1, 0.15) is 18.5 Å². The van der Waals surface area contributed by atoms with Crippen molar-refractivity contribution in [2.24, 2.45) is 0 Å². The molecule has 0 bridgehead atoms. The standard InChI is InChI=1S/C30H39ClN2O5/c1-29(2,3)32-28(35)38-23-14-17-33(19-23)27(34)26(30(36)15-8-5-9-16-30)22-12-13-25(24(31)18-22)37-20-21-10-6-4-7-11-21/h4,6-7,10-13,18,23,26,36H,5,8-9,14-17,19-20H2,1-3H3,(H,32,35). The lowest BCUT2D eigenvalue weighted by Gasteiger charge is -2.40. The number of hydrogen-bond acceptors (Lipinski definition) is 5. The summed E-state index contributed by atoms with van der Waals surface area (Å²) in [6.07, 6.45) is 3.55. The van der Waals surface area contributed by atoms with Crippen molar-refractivity contribution in [2.45, 2.75) is 89.1 Å². The van der Waals surface area contributed by atoms with E-state index in [1.165, 1.54) is 0 Å². The summed E-state index contributed by atoms with van der Waals surface area (Å²) >= 11 is 6.63. The van der Waals surface area contributed by atoms with E-state index in [1.807, 2.05) is 57.2 Å². The first-order chi connectivity index (χ1) is 18.0. The van der Waals surface area contributed by atoms with Gasteiger partial charge in [-0.05, 0) is 56.9 Å². The molecule has 1 saturated heterocycles. The van der Waals surface area contributed by atoms with Crippen molar-refractivity contribution in [3.63, 3.8) is 0 Å². The molecule has 2 N–H and O–H groups in total. The highest BCUT2D eigenvalue weighted by atomic mass is 35.5. The van der Waals surface area contributed by atoms with Crippen molar-refractivity contribution in [2.75, 3.05) is 13.1 Å². The van der Waals surface area contributed by atoms with E-state index in [0.717, 1.165) is 24.8 Å². The van der Waals surface area contributed by atoms with E-state index in [-0.39, 0.29) is 12.0 Å². The van der Waals surface area contributed by atoms with Crippen LogP contribution in [0.2, 0.25) is 5.02 Å². The maximum Gasteiger partial charge on any atom is 0.407 e. The molecule has 1 saturated carbocycles. The van der Waals surface area contributed by atoms with Gasteiger partial charge in [-0.3, -0.25) is 4.79 Å². The molecule has 1 aliphatic heterocycles. The van der Waals surface area contributed by atoms with Crippen molar-refractivity contribution in [1.29, 1.82) is 0 Å². The van der Waals surface area contributed by atoms with Crippen molar-refractivity contribution < 1.29 is 24.2 Å². The molecule has 7 nitrogen and oxygen atoms in total.